The van der Waals surface area contributed by atoms with E-state index < -0.39 is 5.82 Å². The smallest absolute Gasteiger partial charge is 0.264 e. The summed E-state index contributed by atoms with van der Waals surface area (Å²) >= 11 is 3.09. The SMILES string of the molecule is CN(CC(=O)Nc1cccc(F)c1)C(=O)c1cc2sc3ccccc3c2s1. The Morgan fingerprint density at radius 2 is 1.85 bits per heavy atom. The number of carbonyl (C=O) groups excluding carboxylic acids is 2. The molecular weight excluding hydrogens is 383 g/mol. The van der Waals surface area contributed by atoms with E-state index in [0.717, 1.165) is 14.8 Å². The fourth-order valence-electron chi connectivity index (χ4n) is 2.85. The highest BCUT2D eigenvalue weighted by molar-refractivity contribution is 7.33. The molecule has 0 saturated carbocycles. The summed E-state index contributed by atoms with van der Waals surface area (Å²) < 4.78 is 16.6. The summed E-state index contributed by atoms with van der Waals surface area (Å²) in [5.74, 6) is -1.01. The van der Waals surface area contributed by atoms with Gasteiger partial charge in [-0.25, -0.2) is 4.39 Å². The van der Waals surface area contributed by atoms with Crippen molar-refractivity contribution in [3.63, 3.8) is 0 Å². The molecule has 0 aliphatic heterocycles. The first-order chi connectivity index (χ1) is 13.0. The monoisotopic (exact) mass is 398 g/mol. The van der Waals surface area contributed by atoms with Crippen molar-refractivity contribution in [1.29, 1.82) is 0 Å². The number of rotatable bonds is 4. The molecule has 2 aromatic carbocycles. The number of fused-ring (bicyclic) bond motifs is 3. The molecule has 4 aromatic rings. The summed E-state index contributed by atoms with van der Waals surface area (Å²) in [6, 6.07) is 15.6. The van der Waals surface area contributed by atoms with E-state index >= 15 is 0 Å². The lowest BCUT2D eigenvalue weighted by atomic mass is 10.2. The second-order valence-corrected chi connectivity index (χ2v) is 8.26. The molecule has 0 unspecified atom stereocenters. The van der Waals surface area contributed by atoms with E-state index in [0.29, 0.717) is 10.6 Å². The van der Waals surface area contributed by atoms with E-state index in [1.54, 1.807) is 24.5 Å². The maximum Gasteiger partial charge on any atom is 0.264 e. The van der Waals surface area contributed by atoms with Gasteiger partial charge in [-0.1, -0.05) is 24.3 Å². The summed E-state index contributed by atoms with van der Waals surface area (Å²) in [5, 5.41) is 3.74. The highest BCUT2D eigenvalue weighted by Gasteiger charge is 2.19. The zero-order valence-electron chi connectivity index (χ0n) is 14.4. The van der Waals surface area contributed by atoms with Crippen molar-refractivity contribution in [2.24, 2.45) is 0 Å². The van der Waals surface area contributed by atoms with Gasteiger partial charge in [-0.05, 0) is 30.3 Å². The van der Waals surface area contributed by atoms with Crippen LogP contribution in [0.15, 0.2) is 54.6 Å². The van der Waals surface area contributed by atoms with Crippen molar-refractivity contribution in [2.45, 2.75) is 0 Å². The van der Waals surface area contributed by atoms with Crippen LogP contribution >= 0.6 is 22.7 Å². The fourth-order valence-corrected chi connectivity index (χ4v) is 5.37. The number of anilines is 1. The molecule has 0 aliphatic carbocycles. The van der Waals surface area contributed by atoms with Gasteiger partial charge >= 0.3 is 0 Å². The highest BCUT2D eigenvalue weighted by atomic mass is 32.1. The number of hydrogen-bond donors (Lipinski definition) is 1. The number of nitrogens with zero attached hydrogens (tertiary/aromatic N) is 1. The van der Waals surface area contributed by atoms with Crippen molar-refractivity contribution in [3.8, 4) is 0 Å². The number of hydrogen-bond acceptors (Lipinski definition) is 4. The molecule has 0 spiro atoms. The van der Waals surface area contributed by atoms with Crippen molar-refractivity contribution in [2.75, 3.05) is 18.9 Å². The normalized spacial score (nSPS) is 11.0. The third-order valence-electron chi connectivity index (χ3n) is 4.10. The highest BCUT2D eigenvalue weighted by Crippen LogP contribution is 2.39. The van der Waals surface area contributed by atoms with E-state index in [-0.39, 0.29) is 18.4 Å². The van der Waals surface area contributed by atoms with Gasteiger partial charge < -0.3 is 10.2 Å². The number of thiophene rings is 2. The average molecular weight is 398 g/mol. The zero-order valence-corrected chi connectivity index (χ0v) is 16.0. The largest absolute Gasteiger partial charge is 0.332 e. The minimum atomic E-state index is -0.428. The minimum absolute atomic E-state index is 0.109. The Bertz CT molecular complexity index is 1170. The van der Waals surface area contributed by atoms with Crippen LogP contribution in [0, 0.1) is 5.82 Å². The molecule has 27 heavy (non-hydrogen) atoms. The van der Waals surface area contributed by atoms with E-state index in [1.165, 1.54) is 39.1 Å². The molecule has 2 amide bonds. The molecule has 2 heterocycles. The zero-order chi connectivity index (χ0) is 19.0. The summed E-state index contributed by atoms with van der Waals surface area (Å²) in [6.07, 6.45) is 0. The molecule has 0 fully saturated rings. The van der Waals surface area contributed by atoms with E-state index in [9.17, 15) is 14.0 Å². The number of amides is 2. The molecular formula is C20H15FN2O2S2. The molecule has 4 nitrogen and oxygen atoms in total. The molecule has 0 bridgehead atoms. The summed E-state index contributed by atoms with van der Waals surface area (Å²) in [5.41, 5.74) is 0.365. The molecule has 4 rings (SSSR count). The number of benzene rings is 2. The Morgan fingerprint density at radius 3 is 2.67 bits per heavy atom. The van der Waals surface area contributed by atoms with Gasteiger partial charge in [0.05, 0.1) is 16.1 Å². The van der Waals surface area contributed by atoms with Crippen molar-refractivity contribution in [3.05, 3.63) is 65.3 Å². The number of likely N-dealkylation sites (N-methyl/N-ethyl adjacent to an activating group) is 1. The molecule has 0 atom stereocenters. The van der Waals surface area contributed by atoms with Gasteiger partial charge in [0.25, 0.3) is 5.91 Å². The van der Waals surface area contributed by atoms with E-state index in [1.807, 2.05) is 18.2 Å². The fraction of sp³-hybridized carbons (Fsp3) is 0.100. The van der Waals surface area contributed by atoms with Crippen LogP contribution in [0.3, 0.4) is 0 Å². The summed E-state index contributed by atoms with van der Waals surface area (Å²) in [7, 11) is 1.58. The number of halogens is 1. The standard InChI is InChI=1S/C20H15FN2O2S2/c1-23(11-18(24)22-13-6-4-5-12(21)9-13)20(25)17-10-16-19(27-17)14-7-2-3-8-15(14)26-16/h2-10H,11H2,1H3,(H,22,24). The molecule has 1 N–H and O–H groups in total. The third-order valence-corrected chi connectivity index (χ3v) is 6.50. The van der Waals surface area contributed by atoms with E-state index in [2.05, 4.69) is 17.4 Å². The van der Waals surface area contributed by atoms with Crippen LogP contribution < -0.4 is 5.32 Å². The first-order valence-corrected chi connectivity index (χ1v) is 9.86. The Labute approximate surface area is 162 Å². The Kier molecular flexibility index (Phi) is 4.63. The second kappa shape index (κ2) is 7.09. The minimum Gasteiger partial charge on any atom is -0.332 e. The Balaban J connectivity index is 1.48. The maximum atomic E-state index is 13.2. The molecule has 0 aliphatic rings. The number of nitrogens with one attached hydrogen (secondary N) is 1. The van der Waals surface area contributed by atoms with Gasteiger partial charge in [0.15, 0.2) is 0 Å². The van der Waals surface area contributed by atoms with Gasteiger partial charge in [-0.15, -0.1) is 22.7 Å². The maximum absolute atomic E-state index is 13.2. The third kappa shape index (κ3) is 3.56. The van der Waals surface area contributed by atoms with Crippen LogP contribution in [-0.2, 0) is 4.79 Å². The first-order valence-electron chi connectivity index (χ1n) is 8.23. The molecule has 0 radical (unpaired) electrons. The number of carbonyl (C=O) groups is 2. The lowest BCUT2D eigenvalue weighted by molar-refractivity contribution is -0.116. The summed E-state index contributed by atoms with van der Waals surface area (Å²) in [4.78, 5) is 26.8. The van der Waals surface area contributed by atoms with Gasteiger partial charge in [-0.2, -0.15) is 0 Å². The van der Waals surface area contributed by atoms with Gasteiger partial charge in [0.1, 0.15) is 5.82 Å². The van der Waals surface area contributed by atoms with Crippen molar-refractivity contribution >= 4 is 59.7 Å². The quantitative estimate of drug-likeness (QED) is 0.528. The molecule has 0 saturated heterocycles. The summed E-state index contributed by atoms with van der Waals surface area (Å²) in [6.45, 7) is -0.109. The van der Waals surface area contributed by atoms with Gasteiger partial charge in [0.2, 0.25) is 5.91 Å². The van der Waals surface area contributed by atoms with Crippen LogP contribution in [0.1, 0.15) is 9.67 Å². The van der Waals surface area contributed by atoms with Crippen LogP contribution in [0.4, 0.5) is 10.1 Å². The first kappa shape index (κ1) is 17.6. The van der Waals surface area contributed by atoms with Gasteiger partial charge in [0, 0.05) is 27.5 Å². The van der Waals surface area contributed by atoms with Crippen LogP contribution in [-0.4, -0.2) is 30.3 Å². The molecule has 7 heteroatoms. The van der Waals surface area contributed by atoms with E-state index in [4.69, 9.17) is 0 Å². The molecule has 136 valence electrons. The topological polar surface area (TPSA) is 49.4 Å². The Hall–Kier alpha value is -2.77. The second-order valence-electron chi connectivity index (χ2n) is 6.12. The van der Waals surface area contributed by atoms with Crippen LogP contribution in [0.5, 0.6) is 0 Å². The predicted molar refractivity (Wildman–Crippen MR) is 109 cm³/mol. The van der Waals surface area contributed by atoms with Gasteiger partial charge in [-0.3, -0.25) is 9.59 Å². The lowest BCUT2D eigenvalue weighted by Gasteiger charge is -2.15. The van der Waals surface area contributed by atoms with Crippen LogP contribution in [0.25, 0.3) is 19.5 Å². The molecule has 2 aromatic heterocycles. The lowest BCUT2D eigenvalue weighted by Crippen LogP contribution is -2.34. The Morgan fingerprint density at radius 1 is 1.04 bits per heavy atom. The van der Waals surface area contributed by atoms with Crippen molar-refractivity contribution < 1.29 is 14.0 Å². The van der Waals surface area contributed by atoms with Crippen LogP contribution in [0.2, 0.25) is 0 Å². The van der Waals surface area contributed by atoms with Crippen molar-refractivity contribution in [1.82, 2.24) is 4.90 Å². The average Bonchev–Trinajstić information content (AvgIpc) is 3.18. The predicted octanol–water partition coefficient (Wildman–Crippen LogP) is 4.97.